The van der Waals surface area contributed by atoms with Gasteiger partial charge in [-0.05, 0) is 54.5 Å². The molecule has 30 heavy (non-hydrogen) atoms. The molecule has 4 rings (SSSR count). The maximum absolute atomic E-state index is 13.4. The molecule has 2 heterocycles. The molecule has 3 aromatic rings. The van der Waals surface area contributed by atoms with Crippen LogP contribution < -0.4 is 5.73 Å². The molecule has 1 aromatic carbocycles. The number of aliphatic hydroxyl groups excluding tert-OH is 1. The van der Waals surface area contributed by atoms with Gasteiger partial charge in [0, 0.05) is 17.8 Å². The number of amides is 2. The number of quaternary nitrogens is 1. The number of aromatic nitrogens is 1. The number of fused-ring (bicyclic) bond motifs is 1. The Morgan fingerprint density at radius 1 is 1.27 bits per heavy atom. The predicted molar refractivity (Wildman–Crippen MR) is 112 cm³/mol. The Bertz CT molecular complexity index is 1120. The van der Waals surface area contributed by atoms with E-state index in [0.29, 0.717) is 28.7 Å². The highest BCUT2D eigenvalue weighted by Gasteiger charge is 2.43. The first-order chi connectivity index (χ1) is 14.3. The summed E-state index contributed by atoms with van der Waals surface area (Å²) in [4.78, 5) is 29.4. The van der Waals surface area contributed by atoms with Crippen molar-refractivity contribution in [2.24, 2.45) is 5.73 Å². The van der Waals surface area contributed by atoms with E-state index in [0.717, 1.165) is 17.4 Å². The van der Waals surface area contributed by atoms with Crippen molar-refractivity contribution in [1.82, 2.24) is 4.98 Å². The maximum Gasteiger partial charge on any atom is 0.350 e. The highest BCUT2D eigenvalue weighted by Crippen LogP contribution is 2.54. The maximum atomic E-state index is 13.4. The van der Waals surface area contributed by atoms with E-state index in [2.05, 4.69) is 11.1 Å². The summed E-state index contributed by atoms with van der Waals surface area (Å²) in [5, 5.41) is 10.3. The van der Waals surface area contributed by atoms with Gasteiger partial charge in [-0.15, -0.1) is 0 Å². The Morgan fingerprint density at radius 2 is 2.00 bits per heavy atom. The standard InChI is InChI=1S/C23H25N3O4/c1-13-21(23(29)26(2,3)19(12-27)22(24)28)18-9-14(6-7-20(18)30-13)16-10-17(16)15-5-4-8-25-11-15/h4-9,11,16-17,19,27H,10,12H2,1-3H3,(H-,24,28)/p+1. The first kappa shape index (κ1) is 20.3. The molecule has 7 heteroatoms. The van der Waals surface area contributed by atoms with E-state index in [1.54, 1.807) is 27.2 Å². The summed E-state index contributed by atoms with van der Waals surface area (Å²) in [5.74, 6) is 0.235. The number of hydrogen-bond acceptors (Lipinski definition) is 5. The van der Waals surface area contributed by atoms with Crippen LogP contribution in [-0.4, -0.2) is 53.1 Å². The van der Waals surface area contributed by atoms with Crippen LogP contribution in [0, 0.1) is 6.92 Å². The molecule has 3 unspecified atom stereocenters. The van der Waals surface area contributed by atoms with Crippen molar-refractivity contribution < 1.29 is 23.6 Å². The number of aryl methyl sites for hydroxylation is 1. The molecule has 0 spiro atoms. The third-order valence-electron chi connectivity index (χ3n) is 6.24. The van der Waals surface area contributed by atoms with Crippen LogP contribution in [0.4, 0.5) is 0 Å². The molecule has 0 bridgehead atoms. The van der Waals surface area contributed by atoms with Gasteiger partial charge < -0.3 is 15.3 Å². The molecule has 3 atom stereocenters. The Hall–Kier alpha value is -3.03. The third kappa shape index (κ3) is 3.30. The van der Waals surface area contributed by atoms with Crippen molar-refractivity contribution in [2.75, 3.05) is 20.7 Å². The predicted octanol–water partition coefficient (Wildman–Crippen LogP) is 2.47. The second kappa shape index (κ2) is 7.34. The van der Waals surface area contributed by atoms with E-state index >= 15 is 0 Å². The molecular formula is C23H26N3O4+. The Balaban J connectivity index is 1.71. The number of furan rings is 1. The van der Waals surface area contributed by atoms with E-state index in [1.807, 2.05) is 30.5 Å². The SMILES string of the molecule is Cc1oc2ccc(C3CC3c3cccnc3)cc2c1C(=O)[N+](C)(C)C(CO)C(N)=O. The normalized spacial score (nSPS) is 19.6. The lowest BCUT2D eigenvalue weighted by molar-refractivity contribution is -0.825. The summed E-state index contributed by atoms with van der Waals surface area (Å²) >= 11 is 0. The minimum atomic E-state index is -1.04. The Labute approximate surface area is 174 Å². The highest BCUT2D eigenvalue weighted by molar-refractivity contribution is 6.05. The van der Waals surface area contributed by atoms with Gasteiger partial charge in [-0.3, -0.25) is 9.78 Å². The van der Waals surface area contributed by atoms with Crippen molar-refractivity contribution in [2.45, 2.75) is 31.2 Å². The fourth-order valence-corrected chi connectivity index (χ4v) is 4.30. The van der Waals surface area contributed by atoms with Crippen LogP contribution >= 0.6 is 0 Å². The number of nitrogens with zero attached hydrogens (tertiary/aromatic N) is 2. The van der Waals surface area contributed by atoms with Gasteiger partial charge in [-0.1, -0.05) is 12.1 Å². The van der Waals surface area contributed by atoms with E-state index < -0.39 is 18.6 Å². The van der Waals surface area contributed by atoms with Gasteiger partial charge in [0.1, 0.15) is 23.5 Å². The van der Waals surface area contributed by atoms with Crippen LogP contribution in [0.15, 0.2) is 47.1 Å². The molecule has 2 amide bonds. The first-order valence-electron chi connectivity index (χ1n) is 9.97. The van der Waals surface area contributed by atoms with Crippen molar-refractivity contribution in [1.29, 1.82) is 0 Å². The van der Waals surface area contributed by atoms with Crippen LogP contribution in [0.2, 0.25) is 0 Å². The number of primary amides is 1. The van der Waals surface area contributed by atoms with Gasteiger partial charge in [0.05, 0.1) is 14.1 Å². The van der Waals surface area contributed by atoms with Crippen molar-refractivity contribution in [3.63, 3.8) is 0 Å². The van der Waals surface area contributed by atoms with Crippen LogP contribution in [0.3, 0.4) is 0 Å². The molecule has 1 saturated carbocycles. The molecule has 0 saturated heterocycles. The van der Waals surface area contributed by atoms with Gasteiger partial charge in [0.25, 0.3) is 5.91 Å². The number of aliphatic hydroxyl groups is 1. The summed E-state index contributed by atoms with van der Waals surface area (Å²) in [6.07, 6.45) is 4.71. The minimum Gasteiger partial charge on any atom is -0.460 e. The van der Waals surface area contributed by atoms with Gasteiger partial charge in [-0.2, -0.15) is 0 Å². The molecule has 1 aliphatic carbocycles. The van der Waals surface area contributed by atoms with Crippen LogP contribution in [0.25, 0.3) is 11.0 Å². The molecule has 0 radical (unpaired) electrons. The van der Waals surface area contributed by atoms with Gasteiger partial charge in [0.2, 0.25) is 0 Å². The monoisotopic (exact) mass is 408 g/mol. The Morgan fingerprint density at radius 3 is 2.63 bits per heavy atom. The van der Waals surface area contributed by atoms with Crippen LogP contribution in [-0.2, 0) is 4.79 Å². The summed E-state index contributed by atoms with van der Waals surface area (Å²) < 4.78 is 5.45. The summed E-state index contributed by atoms with van der Waals surface area (Å²) in [5.41, 5.74) is 8.83. The van der Waals surface area contributed by atoms with Gasteiger partial charge >= 0.3 is 5.91 Å². The number of carbonyl (C=O) groups excluding carboxylic acids is 2. The summed E-state index contributed by atoms with van der Waals surface area (Å²) in [6, 6.07) is 8.94. The quantitative estimate of drug-likeness (QED) is 0.610. The second-order valence-corrected chi connectivity index (χ2v) is 8.47. The van der Waals surface area contributed by atoms with Crippen molar-refractivity contribution in [3.8, 4) is 0 Å². The minimum absolute atomic E-state index is 0.319. The first-order valence-corrected chi connectivity index (χ1v) is 9.97. The molecule has 1 fully saturated rings. The zero-order chi connectivity index (χ0) is 21.6. The molecule has 2 aromatic heterocycles. The number of likely N-dealkylation sites (N-methyl/N-ethyl adjacent to an activating group) is 1. The van der Waals surface area contributed by atoms with E-state index in [4.69, 9.17) is 10.2 Å². The van der Waals surface area contributed by atoms with Gasteiger partial charge in [0.15, 0.2) is 6.04 Å². The second-order valence-electron chi connectivity index (χ2n) is 8.47. The summed E-state index contributed by atoms with van der Waals surface area (Å²) in [6.45, 7) is 1.23. The fraction of sp³-hybridized carbons (Fsp3) is 0.348. The highest BCUT2D eigenvalue weighted by atomic mass is 16.3. The van der Waals surface area contributed by atoms with E-state index in [-0.39, 0.29) is 10.4 Å². The average molecular weight is 408 g/mol. The van der Waals surface area contributed by atoms with Gasteiger partial charge in [-0.25, -0.2) is 9.28 Å². The number of benzene rings is 1. The molecule has 1 aliphatic rings. The number of nitrogens with two attached hydrogens (primary N) is 1. The van der Waals surface area contributed by atoms with Crippen LogP contribution in [0.1, 0.15) is 45.5 Å². The smallest absolute Gasteiger partial charge is 0.350 e. The topological polar surface area (TPSA) is 106 Å². The molecule has 7 nitrogen and oxygen atoms in total. The van der Waals surface area contributed by atoms with E-state index in [9.17, 15) is 14.7 Å². The average Bonchev–Trinajstić information content (AvgIpc) is 3.44. The van der Waals surface area contributed by atoms with Crippen LogP contribution in [0.5, 0.6) is 0 Å². The largest absolute Gasteiger partial charge is 0.460 e. The zero-order valence-corrected chi connectivity index (χ0v) is 17.3. The molecule has 156 valence electrons. The third-order valence-corrected chi connectivity index (χ3v) is 6.24. The molecule has 3 N–H and O–H groups in total. The summed E-state index contributed by atoms with van der Waals surface area (Å²) in [7, 11) is 3.16. The van der Waals surface area contributed by atoms with Crippen molar-refractivity contribution >= 4 is 22.8 Å². The number of hydrogen-bond donors (Lipinski definition) is 2. The lowest BCUT2D eigenvalue weighted by Gasteiger charge is -2.32. The number of pyridine rings is 1. The Kier molecular flexibility index (Phi) is 4.95. The molecular weight excluding hydrogens is 382 g/mol. The zero-order valence-electron chi connectivity index (χ0n) is 17.3. The van der Waals surface area contributed by atoms with E-state index in [1.165, 1.54) is 5.56 Å². The van der Waals surface area contributed by atoms with Crippen molar-refractivity contribution in [3.05, 3.63) is 65.2 Å². The lowest BCUT2D eigenvalue weighted by Crippen LogP contribution is -2.60. The fourth-order valence-electron chi connectivity index (χ4n) is 4.30. The molecule has 0 aliphatic heterocycles. The number of rotatable bonds is 6. The number of carbonyl (C=O) groups is 2. The lowest BCUT2D eigenvalue weighted by atomic mass is 10.0.